The lowest BCUT2D eigenvalue weighted by Gasteiger charge is -2.23. The van der Waals surface area contributed by atoms with Crippen LogP contribution in [-0.2, 0) is 11.4 Å². The molecule has 106 valence electrons. The largest absolute Gasteiger partial charge is 0.481 e. The summed E-state index contributed by atoms with van der Waals surface area (Å²) in [6.07, 6.45) is -0.687. The van der Waals surface area contributed by atoms with Gasteiger partial charge in [-0.2, -0.15) is 0 Å². The molecule has 0 aliphatic carbocycles. The van der Waals surface area contributed by atoms with Crippen LogP contribution in [0.2, 0.25) is 0 Å². The minimum atomic E-state index is -0.687. The lowest BCUT2D eigenvalue weighted by atomic mass is 10.2. The molecule has 1 N–H and O–H groups in total. The van der Waals surface area contributed by atoms with Gasteiger partial charge in [0.2, 0.25) is 0 Å². The van der Waals surface area contributed by atoms with Crippen LogP contribution in [0.5, 0.6) is 5.75 Å². The third-order valence-electron chi connectivity index (χ3n) is 2.85. The number of rotatable bonds is 6. The van der Waals surface area contributed by atoms with E-state index in [1.54, 1.807) is 11.8 Å². The van der Waals surface area contributed by atoms with Gasteiger partial charge in [0.15, 0.2) is 6.10 Å². The van der Waals surface area contributed by atoms with Crippen molar-refractivity contribution in [2.24, 2.45) is 0 Å². The molecule has 0 aromatic heterocycles. The Balaban J connectivity index is 2.78. The zero-order valence-electron chi connectivity index (χ0n) is 11.5. The Morgan fingerprint density at radius 1 is 1.37 bits per heavy atom. The van der Waals surface area contributed by atoms with Crippen molar-refractivity contribution in [1.29, 1.82) is 0 Å². The van der Waals surface area contributed by atoms with Gasteiger partial charge in [0.25, 0.3) is 5.91 Å². The molecule has 1 unspecified atom stereocenters. The zero-order valence-corrected chi connectivity index (χ0v) is 11.5. The van der Waals surface area contributed by atoms with Gasteiger partial charge in [-0.3, -0.25) is 4.79 Å². The summed E-state index contributed by atoms with van der Waals surface area (Å²) in [5.41, 5.74) is 0.414. The molecule has 0 bridgehead atoms. The minimum absolute atomic E-state index is 0.139. The van der Waals surface area contributed by atoms with Crippen LogP contribution in [0.1, 0.15) is 26.3 Å². The first-order valence-corrected chi connectivity index (χ1v) is 6.37. The Morgan fingerprint density at radius 2 is 2.00 bits per heavy atom. The lowest BCUT2D eigenvalue weighted by Crippen LogP contribution is -2.40. The van der Waals surface area contributed by atoms with E-state index in [1.807, 2.05) is 13.8 Å². The molecule has 1 atom stereocenters. The number of aliphatic hydroxyl groups excluding tert-OH is 1. The number of likely N-dealkylation sites (N-methyl/N-ethyl adjacent to an activating group) is 1. The Morgan fingerprint density at radius 3 is 2.53 bits per heavy atom. The second-order valence-corrected chi connectivity index (χ2v) is 4.22. The fraction of sp³-hybridized carbons (Fsp3) is 0.500. The number of benzene rings is 1. The molecular formula is C14H20FNO3. The van der Waals surface area contributed by atoms with E-state index in [-0.39, 0.29) is 18.3 Å². The predicted molar refractivity (Wildman–Crippen MR) is 70.3 cm³/mol. The molecule has 0 saturated carbocycles. The maximum atomic E-state index is 13.3. The summed E-state index contributed by atoms with van der Waals surface area (Å²) in [5, 5.41) is 9.00. The van der Waals surface area contributed by atoms with E-state index < -0.39 is 11.9 Å². The molecule has 0 aliphatic rings. The van der Waals surface area contributed by atoms with Crippen LogP contribution in [0, 0.1) is 5.82 Å². The number of nitrogens with zero attached hydrogens (tertiary/aromatic N) is 1. The number of halogens is 1. The van der Waals surface area contributed by atoms with Crippen LogP contribution in [0.3, 0.4) is 0 Å². The molecule has 1 aromatic rings. The molecule has 0 heterocycles. The average molecular weight is 269 g/mol. The van der Waals surface area contributed by atoms with Gasteiger partial charge in [-0.1, -0.05) is 0 Å². The Bertz CT molecular complexity index is 433. The Hall–Kier alpha value is -1.62. The van der Waals surface area contributed by atoms with E-state index in [2.05, 4.69) is 0 Å². The van der Waals surface area contributed by atoms with Gasteiger partial charge in [-0.15, -0.1) is 0 Å². The maximum Gasteiger partial charge on any atom is 0.263 e. The van der Waals surface area contributed by atoms with Crippen LogP contribution in [0.4, 0.5) is 4.39 Å². The van der Waals surface area contributed by atoms with Gasteiger partial charge in [0.05, 0.1) is 6.61 Å². The maximum absolute atomic E-state index is 13.3. The van der Waals surface area contributed by atoms with Crippen LogP contribution in [0.25, 0.3) is 0 Å². The predicted octanol–water partition coefficient (Wildman–Crippen LogP) is 1.95. The van der Waals surface area contributed by atoms with Crippen molar-refractivity contribution in [3.05, 3.63) is 29.6 Å². The normalized spacial score (nSPS) is 12.1. The van der Waals surface area contributed by atoms with Gasteiger partial charge >= 0.3 is 0 Å². The molecule has 4 nitrogen and oxygen atoms in total. The number of hydrogen-bond acceptors (Lipinski definition) is 3. The number of amides is 1. The molecule has 5 heteroatoms. The lowest BCUT2D eigenvalue weighted by molar-refractivity contribution is -0.137. The van der Waals surface area contributed by atoms with E-state index in [1.165, 1.54) is 18.2 Å². The summed E-state index contributed by atoms with van der Waals surface area (Å²) >= 11 is 0. The molecule has 1 amide bonds. The minimum Gasteiger partial charge on any atom is -0.481 e. The molecular weight excluding hydrogens is 249 g/mol. The van der Waals surface area contributed by atoms with Gasteiger partial charge in [0, 0.05) is 19.2 Å². The quantitative estimate of drug-likeness (QED) is 0.858. The van der Waals surface area contributed by atoms with Crippen molar-refractivity contribution in [2.45, 2.75) is 33.5 Å². The summed E-state index contributed by atoms with van der Waals surface area (Å²) in [4.78, 5) is 13.7. The molecule has 0 radical (unpaired) electrons. The Kier molecular flexibility index (Phi) is 5.76. The van der Waals surface area contributed by atoms with Crippen LogP contribution in [-0.4, -0.2) is 35.1 Å². The van der Waals surface area contributed by atoms with Gasteiger partial charge in [0.1, 0.15) is 11.6 Å². The summed E-state index contributed by atoms with van der Waals surface area (Å²) in [7, 11) is 0. The first-order valence-electron chi connectivity index (χ1n) is 6.37. The van der Waals surface area contributed by atoms with Crippen LogP contribution < -0.4 is 4.74 Å². The summed E-state index contributed by atoms with van der Waals surface area (Å²) in [5.74, 6) is -0.388. The van der Waals surface area contributed by atoms with Gasteiger partial charge < -0.3 is 14.7 Å². The number of carbonyl (C=O) groups is 1. The highest BCUT2D eigenvalue weighted by Crippen LogP contribution is 2.18. The standard InChI is InChI=1S/C14H20FNO3/c1-4-16(5-2)14(18)10(3)19-13-7-11(9-17)6-12(15)8-13/h6-8,10,17H,4-5,9H2,1-3H3. The van der Waals surface area contributed by atoms with Crippen molar-refractivity contribution < 1.29 is 19.0 Å². The number of aliphatic hydroxyl groups is 1. The van der Waals surface area contributed by atoms with Crippen molar-refractivity contribution in [1.82, 2.24) is 4.90 Å². The molecule has 0 aliphatic heterocycles. The second-order valence-electron chi connectivity index (χ2n) is 4.22. The van der Waals surface area contributed by atoms with Crippen LogP contribution in [0.15, 0.2) is 18.2 Å². The van der Waals surface area contributed by atoms with E-state index in [9.17, 15) is 9.18 Å². The van der Waals surface area contributed by atoms with Crippen LogP contribution >= 0.6 is 0 Å². The van der Waals surface area contributed by atoms with Crippen molar-refractivity contribution in [3.8, 4) is 5.75 Å². The highest BCUT2D eigenvalue weighted by molar-refractivity contribution is 5.80. The number of hydrogen-bond donors (Lipinski definition) is 1. The van der Waals surface area contributed by atoms with Gasteiger partial charge in [-0.05, 0) is 38.5 Å². The third kappa shape index (κ3) is 4.21. The first-order chi connectivity index (χ1) is 9.01. The van der Waals surface area contributed by atoms with Gasteiger partial charge in [-0.25, -0.2) is 4.39 Å². The molecule has 1 aromatic carbocycles. The van der Waals surface area contributed by atoms with Crippen molar-refractivity contribution >= 4 is 5.91 Å². The second kappa shape index (κ2) is 7.09. The SMILES string of the molecule is CCN(CC)C(=O)C(C)Oc1cc(F)cc(CO)c1. The first kappa shape index (κ1) is 15.4. The fourth-order valence-corrected chi connectivity index (χ4v) is 1.83. The topological polar surface area (TPSA) is 49.8 Å². The monoisotopic (exact) mass is 269 g/mol. The smallest absolute Gasteiger partial charge is 0.263 e. The zero-order chi connectivity index (χ0) is 14.4. The van der Waals surface area contributed by atoms with E-state index in [4.69, 9.17) is 9.84 Å². The average Bonchev–Trinajstić information content (AvgIpc) is 2.39. The highest BCUT2D eigenvalue weighted by atomic mass is 19.1. The Labute approximate surface area is 112 Å². The molecule has 0 spiro atoms. The fourth-order valence-electron chi connectivity index (χ4n) is 1.83. The summed E-state index contributed by atoms with van der Waals surface area (Å²) in [6.45, 7) is 6.35. The molecule has 0 saturated heterocycles. The highest BCUT2D eigenvalue weighted by Gasteiger charge is 2.20. The number of ether oxygens (including phenoxy) is 1. The molecule has 19 heavy (non-hydrogen) atoms. The number of carbonyl (C=O) groups excluding carboxylic acids is 1. The summed E-state index contributed by atoms with van der Waals surface area (Å²) in [6, 6.07) is 3.95. The molecule has 0 fully saturated rings. The van der Waals surface area contributed by atoms with E-state index in [0.717, 1.165) is 0 Å². The molecule has 1 rings (SSSR count). The third-order valence-corrected chi connectivity index (χ3v) is 2.85. The van der Waals surface area contributed by atoms with E-state index >= 15 is 0 Å². The van der Waals surface area contributed by atoms with E-state index in [0.29, 0.717) is 18.7 Å². The van der Waals surface area contributed by atoms with Crippen molar-refractivity contribution in [2.75, 3.05) is 13.1 Å². The van der Waals surface area contributed by atoms with Crippen molar-refractivity contribution in [3.63, 3.8) is 0 Å². The summed E-state index contributed by atoms with van der Waals surface area (Å²) < 4.78 is 18.7.